The van der Waals surface area contributed by atoms with Gasteiger partial charge in [-0.1, -0.05) is 36.4 Å². The van der Waals surface area contributed by atoms with E-state index in [0.29, 0.717) is 23.6 Å². The molecule has 0 saturated heterocycles. The highest BCUT2D eigenvalue weighted by atomic mass is 32.1. The third kappa shape index (κ3) is 4.44. The number of nitrogens with one attached hydrogen (secondary N) is 1. The summed E-state index contributed by atoms with van der Waals surface area (Å²) in [7, 11) is 0. The summed E-state index contributed by atoms with van der Waals surface area (Å²) in [6.07, 6.45) is 0. The number of hydrogen-bond acceptors (Lipinski definition) is 4. The summed E-state index contributed by atoms with van der Waals surface area (Å²) < 4.78 is 5.58. The smallest absolute Gasteiger partial charge is 0.264 e. The molecule has 0 radical (unpaired) electrons. The first-order chi connectivity index (χ1) is 14.6. The summed E-state index contributed by atoms with van der Waals surface area (Å²) in [5, 5.41) is 2.75. The fourth-order valence-corrected chi connectivity index (χ4v) is 4.06. The lowest BCUT2D eigenvalue weighted by Gasteiger charge is -2.22. The molecule has 152 valence electrons. The lowest BCUT2D eigenvalue weighted by atomic mass is 10.1. The second kappa shape index (κ2) is 8.97. The molecule has 4 rings (SSSR count). The number of fused-ring (bicyclic) bond motifs is 1. The highest BCUT2D eigenvalue weighted by molar-refractivity contribution is 7.12. The van der Waals surface area contributed by atoms with Crippen molar-refractivity contribution in [3.63, 3.8) is 0 Å². The second-order valence-corrected chi connectivity index (χ2v) is 7.88. The number of carbonyl (C=O) groups is 1. The Hall–Kier alpha value is -3.38. The molecule has 5 nitrogen and oxygen atoms in total. The molecule has 0 atom stereocenters. The van der Waals surface area contributed by atoms with Crippen LogP contribution < -0.4 is 10.3 Å². The van der Waals surface area contributed by atoms with Gasteiger partial charge >= 0.3 is 0 Å². The van der Waals surface area contributed by atoms with Gasteiger partial charge in [-0.25, -0.2) is 0 Å². The van der Waals surface area contributed by atoms with Crippen LogP contribution in [0, 0.1) is 0 Å². The van der Waals surface area contributed by atoms with Crippen LogP contribution in [-0.4, -0.2) is 22.4 Å². The van der Waals surface area contributed by atoms with Crippen molar-refractivity contribution in [1.82, 2.24) is 9.88 Å². The third-order valence-corrected chi connectivity index (χ3v) is 5.66. The molecule has 1 N–H and O–H groups in total. The summed E-state index contributed by atoms with van der Waals surface area (Å²) in [6, 6.07) is 20.9. The molecule has 2 aromatic heterocycles. The summed E-state index contributed by atoms with van der Waals surface area (Å²) in [5.41, 5.74) is 2.10. The average molecular weight is 419 g/mol. The molecule has 6 heteroatoms. The molecule has 0 aliphatic rings. The Labute approximate surface area is 178 Å². The van der Waals surface area contributed by atoms with E-state index in [1.165, 1.54) is 11.3 Å². The number of aromatic amines is 1. The predicted molar refractivity (Wildman–Crippen MR) is 120 cm³/mol. The third-order valence-electron chi connectivity index (χ3n) is 4.80. The van der Waals surface area contributed by atoms with Crippen molar-refractivity contribution >= 4 is 28.1 Å². The van der Waals surface area contributed by atoms with Crippen LogP contribution in [0.5, 0.6) is 5.75 Å². The number of aromatic nitrogens is 1. The summed E-state index contributed by atoms with van der Waals surface area (Å²) in [6.45, 7) is 3.14. The van der Waals surface area contributed by atoms with E-state index >= 15 is 0 Å². The van der Waals surface area contributed by atoms with Gasteiger partial charge in [0.1, 0.15) is 5.75 Å². The Bertz CT molecular complexity index is 1200. The summed E-state index contributed by atoms with van der Waals surface area (Å²) in [4.78, 5) is 31.1. The van der Waals surface area contributed by atoms with Gasteiger partial charge < -0.3 is 14.6 Å². The SMILES string of the molecule is CCOc1ccc2[nH]c(=O)c(CN(Cc3ccccc3)C(=O)c3cccs3)cc2c1. The highest BCUT2D eigenvalue weighted by Crippen LogP contribution is 2.21. The number of rotatable bonds is 7. The maximum absolute atomic E-state index is 13.1. The Morgan fingerprint density at radius 2 is 1.87 bits per heavy atom. The van der Waals surface area contributed by atoms with Crippen LogP contribution in [0.2, 0.25) is 0 Å². The van der Waals surface area contributed by atoms with Crippen molar-refractivity contribution in [3.8, 4) is 5.75 Å². The molecular weight excluding hydrogens is 396 g/mol. The van der Waals surface area contributed by atoms with Gasteiger partial charge in [0.15, 0.2) is 0 Å². The average Bonchev–Trinajstić information content (AvgIpc) is 3.29. The quantitative estimate of drug-likeness (QED) is 0.468. The minimum absolute atomic E-state index is 0.0867. The number of hydrogen-bond donors (Lipinski definition) is 1. The number of ether oxygens (including phenoxy) is 1. The monoisotopic (exact) mass is 418 g/mol. The Kier molecular flexibility index (Phi) is 5.95. The first-order valence-corrected chi connectivity index (χ1v) is 10.7. The zero-order chi connectivity index (χ0) is 20.9. The molecule has 30 heavy (non-hydrogen) atoms. The minimum atomic E-state index is -0.191. The van der Waals surface area contributed by atoms with E-state index in [1.807, 2.05) is 79.0 Å². The van der Waals surface area contributed by atoms with E-state index in [0.717, 1.165) is 22.2 Å². The van der Waals surface area contributed by atoms with E-state index in [-0.39, 0.29) is 18.0 Å². The van der Waals surface area contributed by atoms with Crippen LogP contribution in [0.3, 0.4) is 0 Å². The fourth-order valence-electron chi connectivity index (χ4n) is 3.37. The molecule has 0 fully saturated rings. The molecule has 0 spiro atoms. The van der Waals surface area contributed by atoms with Crippen molar-refractivity contribution in [3.05, 3.63) is 98.5 Å². The molecule has 0 bridgehead atoms. The number of benzene rings is 2. The first kappa shape index (κ1) is 19.9. The summed E-state index contributed by atoms with van der Waals surface area (Å²) >= 11 is 1.40. The van der Waals surface area contributed by atoms with Gasteiger partial charge in [0.05, 0.1) is 18.0 Å². The van der Waals surface area contributed by atoms with Crippen molar-refractivity contribution in [2.75, 3.05) is 6.61 Å². The lowest BCUT2D eigenvalue weighted by molar-refractivity contribution is 0.0734. The van der Waals surface area contributed by atoms with Gasteiger partial charge in [-0.05, 0) is 48.2 Å². The van der Waals surface area contributed by atoms with E-state index < -0.39 is 0 Å². The zero-order valence-corrected chi connectivity index (χ0v) is 17.4. The normalized spacial score (nSPS) is 10.8. The molecule has 4 aromatic rings. The number of pyridine rings is 1. The Morgan fingerprint density at radius 3 is 2.60 bits per heavy atom. The maximum atomic E-state index is 13.1. The van der Waals surface area contributed by atoms with Crippen LogP contribution >= 0.6 is 11.3 Å². The number of nitrogens with zero attached hydrogens (tertiary/aromatic N) is 1. The molecule has 0 unspecified atom stereocenters. The van der Waals surface area contributed by atoms with Gasteiger partial charge in [-0.2, -0.15) is 0 Å². The number of amides is 1. The maximum Gasteiger partial charge on any atom is 0.264 e. The van der Waals surface area contributed by atoms with Crippen LogP contribution in [0.15, 0.2) is 76.9 Å². The standard InChI is InChI=1S/C24H22N2O3S/c1-2-29-20-10-11-21-18(14-20)13-19(23(27)25-21)16-26(15-17-7-4-3-5-8-17)24(28)22-9-6-12-30-22/h3-14H,2,15-16H2,1H3,(H,25,27). The predicted octanol–water partition coefficient (Wildman–Crippen LogP) is 4.83. The van der Waals surface area contributed by atoms with E-state index in [2.05, 4.69) is 4.98 Å². The lowest BCUT2D eigenvalue weighted by Crippen LogP contribution is -2.32. The van der Waals surface area contributed by atoms with E-state index in [9.17, 15) is 9.59 Å². The van der Waals surface area contributed by atoms with Gasteiger partial charge in [0.25, 0.3) is 11.5 Å². The van der Waals surface area contributed by atoms with E-state index in [1.54, 1.807) is 4.90 Å². The first-order valence-electron chi connectivity index (χ1n) is 9.79. The number of thiophene rings is 1. The van der Waals surface area contributed by atoms with Gasteiger partial charge in [0, 0.05) is 23.0 Å². The minimum Gasteiger partial charge on any atom is -0.494 e. The van der Waals surface area contributed by atoms with Crippen LogP contribution in [-0.2, 0) is 13.1 Å². The largest absolute Gasteiger partial charge is 0.494 e. The number of H-pyrrole nitrogens is 1. The van der Waals surface area contributed by atoms with Crippen LogP contribution in [0.25, 0.3) is 10.9 Å². The van der Waals surface area contributed by atoms with Crippen LogP contribution in [0.1, 0.15) is 27.7 Å². The molecule has 0 saturated carbocycles. The molecule has 1 amide bonds. The molecule has 2 aromatic carbocycles. The topological polar surface area (TPSA) is 62.4 Å². The van der Waals surface area contributed by atoms with Gasteiger partial charge in [-0.15, -0.1) is 11.3 Å². The van der Waals surface area contributed by atoms with Crippen molar-refractivity contribution in [1.29, 1.82) is 0 Å². The highest BCUT2D eigenvalue weighted by Gasteiger charge is 2.19. The Morgan fingerprint density at radius 1 is 1.03 bits per heavy atom. The molecule has 2 heterocycles. The fraction of sp³-hybridized carbons (Fsp3) is 0.167. The van der Waals surface area contributed by atoms with Gasteiger partial charge in [-0.3, -0.25) is 9.59 Å². The number of carbonyl (C=O) groups excluding carboxylic acids is 1. The summed E-state index contributed by atoms with van der Waals surface area (Å²) in [5.74, 6) is 0.662. The van der Waals surface area contributed by atoms with Gasteiger partial charge in [0.2, 0.25) is 0 Å². The van der Waals surface area contributed by atoms with Crippen molar-refractivity contribution in [2.24, 2.45) is 0 Å². The molecule has 0 aliphatic heterocycles. The molecule has 0 aliphatic carbocycles. The van der Waals surface area contributed by atoms with Crippen molar-refractivity contribution < 1.29 is 9.53 Å². The van der Waals surface area contributed by atoms with E-state index in [4.69, 9.17) is 4.74 Å². The van der Waals surface area contributed by atoms with Crippen LogP contribution in [0.4, 0.5) is 0 Å². The second-order valence-electron chi connectivity index (χ2n) is 6.93. The van der Waals surface area contributed by atoms with Crippen molar-refractivity contribution in [2.45, 2.75) is 20.0 Å². The molecular formula is C24H22N2O3S. The zero-order valence-electron chi connectivity index (χ0n) is 16.6. The Balaban J connectivity index is 1.69.